The Morgan fingerprint density at radius 1 is 1.17 bits per heavy atom. The lowest BCUT2D eigenvalue weighted by Crippen LogP contribution is -2.43. The van der Waals surface area contributed by atoms with Crippen LogP contribution in [-0.4, -0.2) is 42.8 Å². The van der Waals surface area contributed by atoms with Crippen molar-refractivity contribution in [3.8, 4) is 0 Å². The Bertz CT molecular complexity index is 733. The first-order valence-electron chi connectivity index (χ1n) is 7.64. The first-order chi connectivity index (χ1) is 10.8. The minimum absolute atomic E-state index is 0. The zero-order valence-electron chi connectivity index (χ0n) is 13.4. The van der Waals surface area contributed by atoms with E-state index in [0.29, 0.717) is 18.8 Å². The van der Waals surface area contributed by atoms with E-state index in [1.165, 1.54) is 0 Å². The van der Waals surface area contributed by atoms with E-state index in [1.807, 2.05) is 23.1 Å². The van der Waals surface area contributed by atoms with Gasteiger partial charge >= 0.3 is 0 Å². The van der Waals surface area contributed by atoms with Gasteiger partial charge in [-0.05, 0) is 12.1 Å². The molecule has 0 unspecified atom stereocenters. The maximum Gasteiger partial charge on any atom is 0.279 e. The minimum atomic E-state index is -0.0123. The summed E-state index contributed by atoms with van der Waals surface area (Å²) in [5.41, 5.74) is 4.71. The molecule has 4 rings (SSSR count). The van der Waals surface area contributed by atoms with Gasteiger partial charge < -0.3 is 15.1 Å². The van der Waals surface area contributed by atoms with E-state index in [0.717, 1.165) is 42.1 Å². The van der Waals surface area contributed by atoms with Crippen molar-refractivity contribution in [1.29, 1.82) is 0 Å². The number of nitrogens with one attached hydrogen (secondary N) is 2. The quantitative estimate of drug-likeness (QED) is 0.806. The second-order valence-corrected chi connectivity index (χ2v) is 5.82. The van der Waals surface area contributed by atoms with Gasteiger partial charge in [0.1, 0.15) is 0 Å². The summed E-state index contributed by atoms with van der Waals surface area (Å²) in [6.07, 6.45) is 0.898. The molecule has 2 aromatic rings. The number of carbonyl (C=O) groups excluding carboxylic acids is 1. The van der Waals surface area contributed by atoms with Gasteiger partial charge in [0.2, 0.25) is 0 Å². The van der Waals surface area contributed by atoms with Crippen molar-refractivity contribution in [2.24, 2.45) is 0 Å². The number of carbonyl (C=O) groups is 1. The molecule has 0 saturated carbocycles. The summed E-state index contributed by atoms with van der Waals surface area (Å²) < 4.78 is 0. The van der Waals surface area contributed by atoms with Crippen LogP contribution in [-0.2, 0) is 13.0 Å². The summed E-state index contributed by atoms with van der Waals surface area (Å²) in [5.74, 6) is -0.0123. The monoisotopic (exact) mass is 369 g/mol. The first kappa shape index (κ1) is 18.6. The average Bonchev–Trinajstić information content (AvgIpc) is 2.99. The fraction of sp³-hybridized carbons (Fsp3) is 0.375. The Kier molecular flexibility index (Phi) is 5.74. The van der Waals surface area contributed by atoms with Crippen LogP contribution < -0.4 is 15.1 Å². The highest BCUT2D eigenvalue weighted by Gasteiger charge is 2.30. The van der Waals surface area contributed by atoms with Gasteiger partial charge in [-0.1, -0.05) is 12.1 Å². The summed E-state index contributed by atoms with van der Waals surface area (Å²) >= 11 is 0. The molecule has 130 valence electrons. The zero-order chi connectivity index (χ0) is 15.1. The Morgan fingerprint density at radius 3 is 2.71 bits per heavy atom. The van der Waals surface area contributed by atoms with E-state index in [4.69, 9.17) is 0 Å². The number of aromatic nitrogens is 2. The van der Waals surface area contributed by atoms with Crippen LogP contribution in [0.2, 0.25) is 0 Å². The zero-order valence-corrected chi connectivity index (χ0v) is 15.0. The summed E-state index contributed by atoms with van der Waals surface area (Å²) in [6.45, 7) is 3.15. The van der Waals surface area contributed by atoms with Crippen LogP contribution in [0.4, 0.5) is 11.4 Å². The fourth-order valence-electron chi connectivity index (χ4n) is 3.25. The highest BCUT2D eigenvalue weighted by molar-refractivity contribution is 6.08. The number of aromatic amines is 1. The van der Waals surface area contributed by atoms with Gasteiger partial charge in [-0.3, -0.25) is 9.89 Å². The normalized spacial score (nSPS) is 15.7. The van der Waals surface area contributed by atoms with E-state index in [2.05, 4.69) is 33.5 Å². The number of benzene rings is 1. The van der Waals surface area contributed by atoms with Gasteiger partial charge in [0.05, 0.1) is 11.4 Å². The number of H-pyrrole nitrogens is 1. The molecule has 1 aromatic heterocycles. The van der Waals surface area contributed by atoms with E-state index in [9.17, 15) is 4.79 Å². The SMILES string of the molecule is CN1CCN(C(=O)c2n[nH]c3c2CNCC3)c2ccccc21.Cl.Cl. The maximum absolute atomic E-state index is 13.0. The molecule has 0 bridgehead atoms. The number of hydrogen-bond donors (Lipinski definition) is 2. The molecule has 2 N–H and O–H groups in total. The summed E-state index contributed by atoms with van der Waals surface area (Å²) in [5, 5.41) is 10.6. The maximum atomic E-state index is 13.0. The lowest BCUT2D eigenvalue weighted by atomic mass is 10.1. The van der Waals surface area contributed by atoms with Crippen molar-refractivity contribution >= 4 is 42.1 Å². The number of likely N-dealkylation sites (N-methyl/N-ethyl adjacent to an activating group) is 1. The fourth-order valence-corrected chi connectivity index (χ4v) is 3.25. The Hall–Kier alpha value is -1.76. The van der Waals surface area contributed by atoms with Crippen LogP contribution in [0.15, 0.2) is 24.3 Å². The topological polar surface area (TPSA) is 64.3 Å². The molecule has 0 atom stereocenters. The Labute approximate surface area is 153 Å². The lowest BCUT2D eigenvalue weighted by molar-refractivity contribution is 0.0981. The van der Waals surface area contributed by atoms with Crippen LogP contribution >= 0.6 is 24.8 Å². The Balaban J connectivity index is 0.00000104. The predicted octanol–water partition coefficient (Wildman–Crippen LogP) is 2.00. The number of halogens is 2. The van der Waals surface area contributed by atoms with Crippen molar-refractivity contribution < 1.29 is 4.79 Å². The lowest BCUT2D eigenvalue weighted by Gasteiger charge is -2.35. The van der Waals surface area contributed by atoms with Gasteiger partial charge in [-0.15, -0.1) is 24.8 Å². The van der Waals surface area contributed by atoms with Crippen molar-refractivity contribution in [1.82, 2.24) is 15.5 Å². The highest BCUT2D eigenvalue weighted by atomic mass is 35.5. The van der Waals surface area contributed by atoms with Gasteiger partial charge in [-0.25, -0.2) is 0 Å². The van der Waals surface area contributed by atoms with Crippen molar-refractivity contribution in [2.75, 3.05) is 36.5 Å². The highest BCUT2D eigenvalue weighted by Crippen LogP contribution is 2.33. The largest absolute Gasteiger partial charge is 0.371 e. The number of para-hydroxylation sites is 2. The molecule has 6 nitrogen and oxygen atoms in total. The number of hydrogen-bond acceptors (Lipinski definition) is 4. The van der Waals surface area contributed by atoms with Gasteiger partial charge in [0.25, 0.3) is 5.91 Å². The van der Waals surface area contributed by atoms with E-state index < -0.39 is 0 Å². The van der Waals surface area contributed by atoms with Crippen LogP contribution in [0, 0.1) is 0 Å². The molecule has 8 heteroatoms. The van der Waals surface area contributed by atoms with Crippen LogP contribution in [0.5, 0.6) is 0 Å². The van der Waals surface area contributed by atoms with Crippen LogP contribution in [0.25, 0.3) is 0 Å². The van der Waals surface area contributed by atoms with E-state index in [1.54, 1.807) is 0 Å². The minimum Gasteiger partial charge on any atom is -0.371 e. The molecule has 0 saturated heterocycles. The molecule has 0 fully saturated rings. The standard InChI is InChI=1S/C16H19N5O.2ClH/c1-20-8-9-21(14-5-3-2-4-13(14)20)16(22)15-11-10-17-7-6-12(11)18-19-15;;/h2-5,17H,6-10H2,1H3,(H,18,19);2*1H. The summed E-state index contributed by atoms with van der Waals surface area (Å²) in [6, 6.07) is 8.03. The molecule has 1 aromatic carbocycles. The molecule has 0 radical (unpaired) electrons. The molecule has 0 spiro atoms. The number of amides is 1. The van der Waals surface area contributed by atoms with Crippen LogP contribution in [0.1, 0.15) is 21.7 Å². The number of fused-ring (bicyclic) bond motifs is 2. The number of nitrogens with zero attached hydrogens (tertiary/aromatic N) is 3. The summed E-state index contributed by atoms with van der Waals surface area (Å²) in [7, 11) is 2.06. The third kappa shape index (κ3) is 2.97. The molecule has 1 amide bonds. The second-order valence-electron chi connectivity index (χ2n) is 5.82. The molecule has 2 aliphatic heterocycles. The predicted molar refractivity (Wildman–Crippen MR) is 99.9 cm³/mol. The molecule has 0 aliphatic carbocycles. The molecular weight excluding hydrogens is 349 g/mol. The van der Waals surface area contributed by atoms with E-state index >= 15 is 0 Å². The van der Waals surface area contributed by atoms with Gasteiger partial charge in [0.15, 0.2) is 5.69 Å². The number of rotatable bonds is 1. The summed E-state index contributed by atoms with van der Waals surface area (Å²) in [4.78, 5) is 17.0. The van der Waals surface area contributed by atoms with Crippen LogP contribution in [0.3, 0.4) is 0 Å². The molecule has 2 aliphatic rings. The third-order valence-corrected chi connectivity index (χ3v) is 4.50. The van der Waals surface area contributed by atoms with Crippen molar-refractivity contribution in [3.63, 3.8) is 0 Å². The number of anilines is 2. The first-order valence-corrected chi connectivity index (χ1v) is 7.64. The average molecular weight is 370 g/mol. The van der Waals surface area contributed by atoms with Crippen molar-refractivity contribution in [2.45, 2.75) is 13.0 Å². The van der Waals surface area contributed by atoms with Crippen molar-refractivity contribution in [3.05, 3.63) is 41.2 Å². The van der Waals surface area contributed by atoms with Gasteiger partial charge in [0, 0.05) is 50.9 Å². The third-order valence-electron chi connectivity index (χ3n) is 4.50. The molecule has 3 heterocycles. The van der Waals surface area contributed by atoms with E-state index in [-0.39, 0.29) is 30.7 Å². The Morgan fingerprint density at radius 2 is 1.92 bits per heavy atom. The molecule has 24 heavy (non-hydrogen) atoms. The smallest absolute Gasteiger partial charge is 0.279 e. The van der Waals surface area contributed by atoms with Gasteiger partial charge in [-0.2, -0.15) is 5.10 Å². The second kappa shape index (κ2) is 7.42. The molecular formula is C16H21Cl2N5O.